The Hall–Kier alpha value is -1.61. The molecule has 0 amide bonds. The van der Waals surface area contributed by atoms with E-state index in [1.807, 2.05) is 25.3 Å². The molecule has 1 N–H and O–H groups in total. The zero-order chi connectivity index (χ0) is 11.1. The van der Waals surface area contributed by atoms with Gasteiger partial charge in [0.25, 0.3) is 0 Å². The number of hydrogen-bond donors (Lipinski definition) is 1. The Labute approximate surface area is 94.4 Å². The van der Waals surface area contributed by atoms with E-state index < -0.39 is 0 Å². The van der Waals surface area contributed by atoms with Crippen molar-refractivity contribution in [3.8, 4) is 11.3 Å². The van der Waals surface area contributed by atoms with Crippen molar-refractivity contribution < 1.29 is 5.11 Å². The predicted molar refractivity (Wildman–Crippen MR) is 62.1 cm³/mol. The minimum Gasteiger partial charge on any atom is -0.391 e. The van der Waals surface area contributed by atoms with Gasteiger partial charge >= 0.3 is 0 Å². The lowest BCUT2D eigenvalue weighted by Crippen LogP contribution is -2.21. The summed E-state index contributed by atoms with van der Waals surface area (Å²) >= 11 is 0. The van der Waals surface area contributed by atoms with Gasteiger partial charge in [-0.1, -0.05) is 31.2 Å². The predicted octanol–water partition coefficient (Wildman–Crippen LogP) is 2.22. The molecule has 1 aromatic carbocycles. The van der Waals surface area contributed by atoms with Gasteiger partial charge in [-0.2, -0.15) is 0 Å². The van der Waals surface area contributed by atoms with Crippen LogP contribution in [0.2, 0.25) is 0 Å². The lowest BCUT2D eigenvalue weighted by atomic mass is 9.98. The SMILES string of the molecule is CC[C@@H](O)[C@@H]1c2ccccc2-c2cncn21. The molecule has 0 bridgehead atoms. The van der Waals surface area contributed by atoms with Gasteiger partial charge in [0.2, 0.25) is 0 Å². The molecule has 3 heteroatoms. The Bertz CT molecular complexity index is 518. The Morgan fingerprint density at radius 2 is 2.25 bits per heavy atom. The van der Waals surface area contributed by atoms with Crippen molar-refractivity contribution in [2.75, 3.05) is 0 Å². The van der Waals surface area contributed by atoms with Crippen LogP contribution in [-0.4, -0.2) is 20.8 Å². The van der Waals surface area contributed by atoms with Gasteiger partial charge in [-0.15, -0.1) is 0 Å². The van der Waals surface area contributed by atoms with Crippen LogP contribution in [0.15, 0.2) is 36.8 Å². The third-order valence-corrected chi connectivity index (χ3v) is 3.30. The first-order valence-corrected chi connectivity index (χ1v) is 5.62. The average molecular weight is 214 g/mol. The third kappa shape index (κ3) is 1.15. The quantitative estimate of drug-likeness (QED) is 0.832. The second-order valence-electron chi connectivity index (χ2n) is 4.19. The molecule has 82 valence electrons. The largest absolute Gasteiger partial charge is 0.391 e. The fourth-order valence-corrected chi connectivity index (χ4v) is 2.49. The standard InChI is InChI=1S/C13H14N2O/c1-2-12(16)13-10-6-4-3-5-9(10)11-7-14-8-15(11)13/h3-8,12-13,16H,2H2,1H3/t12-,13+/m1/s1. The topological polar surface area (TPSA) is 38.1 Å². The van der Waals surface area contributed by atoms with E-state index in [-0.39, 0.29) is 12.1 Å². The van der Waals surface area contributed by atoms with Crippen LogP contribution in [0.3, 0.4) is 0 Å². The number of hydrogen-bond acceptors (Lipinski definition) is 2. The van der Waals surface area contributed by atoms with Crippen molar-refractivity contribution in [3.63, 3.8) is 0 Å². The molecular formula is C13H14N2O. The first kappa shape index (κ1) is 9.60. The van der Waals surface area contributed by atoms with E-state index in [1.165, 1.54) is 11.1 Å². The highest BCUT2D eigenvalue weighted by atomic mass is 16.3. The summed E-state index contributed by atoms with van der Waals surface area (Å²) in [4.78, 5) is 4.16. The highest BCUT2D eigenvalue weighted by Crippen LogP contribution is 2.40. The van der Waals surface area contributed by atoms with Gasteiger partial charge in [-0.3, -0.25) is 0 Å². The molecule has 16 heavy (non-hydrogen) atoms. The van der Waals surface area contributed by atoms with Gasteiger partial charge in [0.1, 0.15) is 0 Å². The summed E-state index contributed by atoms with van der Waals surface area (Å²) in [6.07, 6.45) is 4.06. The van der Waals surface area contributed by atoms with E-state index in [0.29, 0.717) is 0 Å². The van der Waals surface area contributed by atoms with Crippen LogP contribution in [0, 0.1) is 0 Å². The molecule has 0 spiro atoms. The fourth-order valence-electron chi connectivity index (χ4n) is 2.49. The third-order valence-electron chi connectivity index (χ3n) is 3.30. The Morgan fingerprint density at radius 3 is 3.06 bits per heavy atom. The molecule has 3 rings (SSSR count). The summed E-state index contributed by atoms with van der Waals surface area (Å²) < 4.78 is 2.07. The van der Waals surface area contributed by atoms with Crippen molar-refractivity contribution >= 4 is 0 Å². The smallest absolute Gasteiger partial charge is 0.0957 e. The van der Waals surface area contributed by atoms with Crippen molar-refractivity contribution in [3.05, 3.63) is 42.4 Å². The van der Waals surface area contributed by atoms with Crippen LogP contribution in [0.4, 0.5) is 0 Å². The zero-order valence-electron chi connectivity index (χ0n) is 9.17. The van der Waals surface area contributed by atoms with E-state index in [2.05, 4.69) is 21.7 Å². The first-order valence-electron chi connectivity index (χ1n) is 5.62. The van der Waals surface area contributed by atoms with E-state index in [9.17, 15) is 5.11 Å². The van der Waals surface area contributed by atoms with Gasteiger partial charge in [0, 0.05) is 5.56 Å². The van der Waals surface area contributed by atoms with Gasteiger partial charge in [0.15, 0.2) is 0 Å². The van der Waals surface area contributed by atoms with Crippen LogP contribution in [-0.2, 0) is 0 Å². The first-order chi connectivity index (χ1) is 7.83. The Morgan fingerprint density at radius 1 is 1.44 bits per heavy atom. The van der Waals surface area contributed by atoms with Crippen molar-refractivity contribution in [1.82, 2.24) is 9.55 Å². The maximum absolute atomic E-state index is 10.1. The summed E-state index contributed by atoms with van der Waals surface area (Å²) in [6.45, 7) is 2.00. The van der Waals surface area contributed by atoms with Gasteiger partial charge in [0.05, 0.1) is 30.4 Å². The molecule has 0 fully saturated rings. The Kier molecular flexibility index (Phi) is 2.07. The van der Waals surface area contributed by atoms with E-state index in [1.54, 1.807) is 6.33 Å². The molecule has 0 unspecified atom stereocenters. The number of aliphatic hydroxyl groups excluding tert-OH is 1. The molecule has 2 heterocycles. The van der Waals surface area contributed by atoms with Gasteiger partial charge < -0.3 is 9.67 Å². The summed E-state index contributed by atoms with van der Waals surface area (Å²) in [5, 5.41) is 10.1. The molecule has 0 saturated carbocycles. The number of imidazole rings is 1. The fraction of sp³-hybridized carbons (Fsp3) is 0.308. The van der Waals surface area contributed by atoms with Crippen LogP contribution < -0.4 is 0 Å². The monoisotopic (exact) mass is 214 g/mol. The number of fused-ring (bicyclic) bond motifs is 3. The van der Waals surface area contributed by atoms with Crippen LogP contribution in [0.5, 0.6) is 0 Å². The van der Waals surface area contributed by atoms with Crippen molar-refractivity contribution in [2.45, 2.75) is 25.5 Å². The van der Waals surface area contributed by atoms with Crippen LogP contribution >= 0.6 is 0 Å². The lowest BCUT2D eigenvalue weighted by Gasteiger charge is -2.19. The summed E-state index contributed by atoms with van der Waals surface area (Å²) in [5.74, 6) is 0. The second-order valence-corrected chi connectivity index (χ2v) is 4.19. The highest BCUT2D eigenvalue weighted by molar-refractivity contribution is 5.69. The molecule has 0 radical (unpaired) electrons. The lowest BCUT2D eigenvalue weighted by molar-refractivity contribution is 0.129. The van der Waals surface area contributed by atoms with Gasteiger partial charge in [-0.25, -0.2) is 4.98 Å². The molecule has 1 aliphatic heterocycles. The van der Waals surface area contributed by atoms with Gasteiger partial charge in [-0.05, 0) is 12.0 Å². The molecule has 1 aromatic heterocycles. The highest BCUT2D eigenvalue weighted by Gasteiger charge is 2.32. The number of aliphatic hydroxyl groups is 1. The van der Waals surface area contributed by atoms with E-state index in [0.717, 1.165) is 12.1 Å². The molecular weight excluding hydrogens is 200 g/mol. The number of benzene rings is 1. The number of rotatable bonds is 2. The molecule has 2 atom stereocenters. The van der Waals surface area contributed by atoms with Crippen molar-refractivity contribution in [1.29, 1.82) is 0 Å². The minimum absolute atomic E-state index is 0.0266. The van der Waals surface area contributed by atoms with E-state index in [4.69, 9.17) is 0 Å². The normalized spacial score (nSPS) is 19.2. The minimum atomic E-state index is -0.350. The van der Waals surface area contributed by atoms with Crippen LogP contribution in [0.1, 0.15) is 24.9 Å². The van der Waals surface area contributed by atoms with E-state index >= 15 is 0 Å². The number of nitrogens with zero attached hydrogens (tertiary/aromatic N) is 2. The number of aromatic nitrogens is 2. The Balaban J connectivity index is 2.21. The summed E-state index contributed by atoms with van der Waals surface area (Å²) in [6, 6.07) is 8.25. The maximum Gasteiger partial charge on any atom is 0.0957 e. The molecule has 2 aromatic rings. The average Bonchev–Trinajstić information content (AvgIpc) is 2.87. The molecule has 3 nitrogen and oxygen atoms in total. The maximum atomic E-state index is 10.1. The second kappa shape index (κ2) is 3.46. The zero-order valence-corrected chi connectivity index (χ0v) is 9.17. The van der Waals surface area contributed by atoms with Crippen LogP contribution in [0.25, 0.3) is 11.3 Å². The van der Waals surface area contributed by atoms with Crippen molar-refractivity contribution in [2.24, 2.45) is 0 Å². The summed E-state index contributed by atoms with van der Waals surface area (Å²) in [7, 11) is 0. The molecule has 0 saturated heterocycles. The molecule has 0 aliphatic carbocycles. The summed E-state index contributed by atoms with van der Waals surface area (Å²) in [5.41, 5.74) is 3.50. The molecule has 1 aliphatic rings.